The first kappa shape index (κ1) is 27.5. The van der Waals surface area contributed by atoms with Crippen molar-refractivity contribution in [3.8, 4) is 11.5 Å². The molecular weight excluding hydrogens is 456 g/mol. The van der Waals surface area contributed by atoms with Crippen LogP contribution in [-0.4, -0.2) is 69.8 Å². The Hall–Kier alpha value is -2.04. The molecule has 196 valence electrons. The molecule has 0 radical (unpaired) electrons. The lowest BCUT2D eigenvalue weighted by Gasteiger charge is -2.40. The van der Waals surface area contributed by atoms with Gasteiger partial charge in [0.05, 0.1) is 41.5 Å². The summed E-state index contributed by atoms with van der Waals surface area (Å²) in [4.78, 5) is 25.7. The summed E-state index contributed by atoms with van der Waals surface area (Å²) in [5.41, 5.74) is -1.50. The Balaban J connectivity index is 2.04. The Labute approximate surface area is 206 Å². The molecule has 0 unspecified atom stereocenters. The molecule has 2 saturated heterocycles. The quantitative estimate of drug-likeness (QED) is 0.219. The first-order chi connectivity index (χ1) is 16.5. The van der Waals surface area contributed by atoms with Gasteiger partial charge in [-0.25, -0.2) is 0 Å². The molecule has 1 aromatic carbocycles. The van der Waals surface area contributed by atoms with Crippen LogP contribution in [0.15, 0.2) is 6.07 Å². The van der Waals surface area contributed by atoms with Crippen molar-refractivity contribution in [1.29, 1.82) is 0 Å². The molecular formula is C26H38O9. The van der Waals surface area contributed by atoms with Crippen molar-refractivity contribution in [3.05, 3.63) is 22.8 Å². The predicted molar refractivity (Wildman–Crippen MR) is 126 cm³/mol. The second kappa shape index (κ2) is 10.5. The number of ketones is 1. The Morgan fingerprint density at radius 2 is 1.89 bits per heavy atom. The van der Waals surface area contributed by atoms with E-state index in [2.05, 4.69) is 0 Å². The Morgan fingerprint density at radius 1 is 1.23 bits per heavy atom. The number of hydrogen-bond acceptors (Lipinski definition) is 9. The number of rotatable bonds is 10. The highest BCUT2D eigenvalue weighted by Gasteiger charge is 2.68. The van der Waals surface area contributed by atoms with E-state index in [1.807, 2.05) is 34.6 Å². The fraction of sp³-hybridized carbons (Fsp3) is 0.692. The van der Waals surface area contributed by atoms with Crippen LogP contribution in [0.4, 0.5) is 0 Å². The zero-order valence-electron chi connectivity index (χ0n) is 21.2. The molecule has 3 rings (SSSR count). The van der Waals surface area contributed by atoms with Crippen molar-refractivity contribution >= 4 is 12.1 Å². The largest absolute Gasteiger partial charge is 0.507 e. The fourth-order valence-electron chi connectivity index (χ4n) is 5.46. The first-order valence-electron chi connectivity index (χ1n) is 12.3. The lowest BCUT2D eigenvalue weighted by atomic mass is 9.75. The van der Waals surface area contributed by atoms with Crippen molar-refractivity contribution < 1.29 is 44.2 Å². The van der Waals surface area contributed by atoms with Gasteiger partial charge in [0.2, 0.25) is 0 Å². The Morgan fingerprint density at radius 3 is 2.34 bits per heavy atom. The van der Waals surface area contributed by atoms with Gasteiger partial charge in [-0.2, -0.15) is 0 Å². The molecule has 0 saturated carbocycles. The highest BCUT2D eigenvalue weighted by molar-refractivity contribution is 6.04. The molecule has 0 aromatic heterocycles. The maximum absolute atomic E-state index is 13.9. The predicted octanol–water partition coefficient (Wildman–Crippen LogP) is 3.11. The van der Waals surface area contributed by atoms with Gasteiger partial charge in [-0.3, -0.25) is 9.59 Å². The van der Waals surface area contributed by atoms with Gasteiger partial charge in [-0.05, 0) is 24.3 Å². The van der Waals surface area contributed by atoms with E-state index in [0.29, 0.717) is 19.1 Å². The lowest BCUT2D eigenvalue weighted by molar-refractivity contribution is -0.241. The van der Waals surface area contributed by atoms with E-state index in [1.54, 1.807) is 0 Å². The van der Waals surface area contributed by atoms with E-state index in [0.717, 1.165) is 0 Å². The number of carbonyl (C=O) groups is 2. The van der Waals surface area contributed by atoms with E-state index in [9.17, 15) is 30.0 Å². The van der Waals surface area contributed by atoms with Crippen LogP contribution in [-0.2, 0) is 14.2 Å². The molecule has 0 aliphatic carbocycles. The number of epoxide rings is 1. The van der Waals surface area contributed by atoms with Crippen molar-refractivity contribution in [3.63, 3.8) is 0 Å². The molecule has 0 amide bonds. The van der Waals surface area contributed by atoms with Gasteiger partial charge >= 0.3 is 0 Å². The number of aromatic hydroxyl groups is 2. The van der Waals surface area contributed by atoms with Crippen LogP contribution in [0.3, 0.4) is 0 Å². The van der Waals surface area contributed by atoms with E-state index in [1.165, 1.54) is 13.2 Å². The molecule has 35 heavy (non-hydrogen) atoms. The third kappa shape index (κ3) is 4.60. The summed E-state index contributed by atoms with van der Waals surface area (Å²) in [5.74, 6) is -2.76. The van der Waals surface area contributed by atoms with Crippen LogP contribution in [0.5, 0.6) is 11.5 Å². The number of carbonyl (C=O) groups excluding carboxylic acids is 2. The summed E-state index contributed by atoms with van der Waals surface area (Å²) in [5, 5.41) is 43.1. The van der Waals surface area contributed by atoms with Crippen LogP contribution >= 0.6 is 0 Å². The number of Topliss-reactive ketones (excluding diaryl/α,β-unsaturated/α-hetero) is 1. The second-order valence-corrected chi connectivity index (χ2v) is 10.1. The monoisotopic (exact) mass is 494 g/mol. The van der Waals surface area contributed by atoms with Crippen LogP contribution in [0.2, 0.25) is 0 Å². The van der Waals surface area contributed by atoms with Gasteiger partial charge in [-0.15, -0.1) is 0 Å². The van der Waals surface area contributed by atoms with Gasteiger partial charge in [0.1, 0.15) is 11.5 Å². The van der Waals surface area contributed by atoms with Crippen molar-refractivity contribution in [2.45, 2.75) is 90.2 Å². The minimum absolute atomic E-state index is 0.0627. The Kier molecular flexibility index (Phi) is 8.28. The molecule has 0 bridgehead atoms. The summed E-state index contributed by atoms with van der Waals surface area (Å²) < 4.78 is 17.0. The molecule has 4 N–H and O–H groups in total. The van der Waals surface area contributed by atoms with Crippen LogP contribution in [0.25, 0.3) is 0 Å². The average Bonchev–Trinajstić information content (AvgIpc) is 3.55. The fourth-order valence-corrected chi connectivity index (χ4v) is 5.46. The number of aliphatic hydroxyl groups is 2. The third-order valence-corrected chi connectivity index (χ3v) is 7.68. The highest BCUT2D eigenvalue weighted by Crippen LogP contribution is 2.51. The van der Waals surface area contributed by atoms with E-state index in [4.69, 9.17) is 14.2 Å². The van der Waals surface area contributed by atoms with Crippen molar-refractivity contribution in [1.82, 2.24) is 0 Å². The van der Waals surface area contributed by atoms with E-state index < -0.39 is 59.0 Å². The summed E-state index contributed by atoms with van der Waals surface area (Å²) in [6, 6.07) is 1.36. The van der Waals surface area contributed by atoms with Gasteiger partial charge in [0.25, 0.3) is 0 Å². The first-order valence-corrected chi connectivity index (χ1v) is 12.3. The number of ether oxygens (including phenoxy) is 3. The summed E-state index contributed by atoms with van der Waals surface area (Å²) in [6.07, 6.45) is -2.70. The normalized spacial score (nSPS) is 30.8. The van der Waals surface area contributed by atoms with Gasteiger partial charge < -0.3 is 34.6 Å². The Bertz CT molecular complexity index is 931. The smallest absolute Gasteiger partial charge is 0.189 e. The zero-order valence-corrected chi connectivity index (χ0v) is 21.2. The van der Waals surface area contributed by atoms with Crippen LogP contribution in [0, 0.1) is 17.8 Å². The highest BCUT2D eigenvalue weighted by atomic mass is 16.7. The van der Waals surface area contributed by atoms with Gasteiger partial charge in [0, 0.05) is 19.1 Å². The lowest BCUT2D eigenvalue weighted by Crippen LogP contribution is -2.55. The summed E-state index contributed by atoms with van der Waals surface area (Å²) in [6.45, 7) is 9.36. The number of hydrogen-bond donors (Lipinski definition) is 4. The van der Waals surface area contributed by atoms with Crippen LogP contribution < -0.4 is 0 Å². The second-order valence-electron chi connectivity index (χ2n) is 10.1. The molecule has 2 aliphatic heterocycles. The van der Waals surface area contributed by atoms with E-state index >= 15 is 0 Å². The number of aliphatic hydroxyl groups excluding tert-OH is 2. The summed E-state index contributed by atoms with van der Waals surface area (Å²) in [7, 11) is 1.46. The van der Waals surface area contributed by atoms with Gasteiger partial charge in [-0.1, -0.05) is 41.0 Å². The number of methoxy groups -OCH3 is 1. The molecule has 1 aromatic rings. The number of phenols is 2. The summed E-state index contributed by atoms with van der Waals surface area (Å²) >= 11 is 0. The minimum Gasteiger partial charge on any atom is -0.507 e. The molecule has 2 aliphatic rings. The molecule has 2 fully saturated rings. The maximum atomic E-state index is 13.9. The zero-order chi connectivity index (χ0) is 26.2. The minimum atomic E-state index is -1.41. The molecule has 8 atom stereocenters. The number of phenolic OH excluding ortho intramolecular Hbond substituents is 2. The van der Waals surface area contributed by atoms with Gasteiger partial charge in [0.15, 0.2) is 24.0 Å². The number of aldehydes is 1. The average molecular weight is 495 g/mol. The topological polar surface area (TPSA) is 146 Å². The van der Waals surface area contributed by atoms with Crippen molar-refractivity contribution in [2.24, 2.45) is 17.8 Å². The maximum Gasteiger partial charge on any atom is 0.189 e. The third-order valence-electron chi connectivity index (χ3n) is 7.68. The van der Waals surface area contributed by atoms with E-state index in [-0.39, 0.29) is 35.5 Å². The molecule has 1 spiro atoms. The molecule has 2 heterocycles. The SMILES string of the molecule is CC[C@@H](C)[C@@H](C(=O)c1cc([C@@H](OC)C(C)C)c(O)c(C=O)c1O)[C@H]1C[C@@H](O)[C@@]2(O[C@H]2CC)[C@H](O)O1. The number of benzene rings is 1. The standard InChI is InChI=1S/C26H38O9/c1-7-13(5)20(17-10-18(28)26(25(32)34-17)19(8-2)35-26)23(31)14-9-15(24(33-6)12(3)4)22(30)16(11-27)21(14)29/h9,11-13,17-20,24-25,28-30,32H,7-8,10H2,1-6H3/t13-,17-,18-,19+,20-,24+,25-,26+/m1/s1. The molecule has 9 heteroatoms. The van der Waals surface area contributed by atoms with Crippen LogP contribution in [0.1, 0.15) is 86.3 Å². The molecule has 9 nitrogen and oxygen atoms in total. The van der Waals surface area contributed by atoms with Crippen molar-refractivity contribution in [2.75, 3.05) is 7.11 Å².